The molecule has 0 aromatic heterocycles. The molecule has 4 nitrogen and oxygen atoms in total. The Hall–Kier alpha value is -2.81. The van der Waals surface area contributed by atoms with Gasteiger partial charge in [0.05, 0.1) is 23.0 Å². The fourth-order valence-electron chi connectivity index (χ4n) is 1.61. The zero-order chi connectivity index (χ0) is 14.5. The van der Waals surface area contributed by atoms with Gasteiger partial charge in [-0.1, -0.05) is 0 Å². The minimum absolute atomic E-state index is 0.0734. The standard InChI is InChI=1S/C14H11F2N3O/c15-14(16)20-11-4-2-10(3-5-11)19-13-7-9(8-17)1-6-12(13)18/h1-7,14,19H,18H2. The van der Waals surface area contributed by atoms with Crippen LogP contribution in [-0.4, -0.2) is 6.61 Å². The number of hydrogen-bond acceptors (Lipinski definition) is 4. The van der Waals surface area contributed by atoms with Crippen molar-refractivity contribution in [2.75, 3.05) is 11.1 Å². The molecule has 0 saturated carbocycles. The van der Waals surface area contributed by atoms with E-state index in [0.29, 0.717) is 22.6 Å². The second kappa shape index (κ2) is 5.89. The van der Waals surface area contributed by atoms with Crippen LogP contribution in [0.15, 0.2) is 42.5 Å². The van der Waals surface area contributed by atoms with Crippen molar-refractivity contribution in [1.29, 1.82) is 5.26 Å². The number of benzene rings is 2. The smallest absolute Gasteiger partial charge is 0.387 e. The Labute approximate surface area is 114 Å². The molecule has 0 saturated heterocycles. The van der Waals surface area contributed by atoms with E-state index in [9.17, 15) is 8.78 Å². The lowest BCUT2D eigenvalue weighted by Gasteiger charge is -2.10. The molecule has 0 unspecified atom stereocenters. The number of nitrogens with zero attached hydrogens (tertiary/aromatic N) is 1. The number of ether oxygens (including phenoxy) is 1. The van der Waals surface area contributed by atoms with Crippen LogP contribution in [0.3, 0.4) is 0 Å². The van der Waals surface area contributed by atoms with Gasteiger partial charge in [0.2, 0.25) is 0 Å². The summed E-state index contributed by atoms with van der Waals surface area (Å²) >= 11 is 0. The van der Waals surface area contributed by atoms with E-state index in [2.05, 4.69) is 10.1 Å². The lowest BCUT2D eigenvalue weighted by molar-refractivity contribution is -0.0498. The van der Waals surface area contributed by atoms with Crippen LogP contribution < -0.4 is 15.8 Å². The van der Waals surface area contributed by atoms with E-state index in [1.807, 2.05) is 6.07 Å². The van der Waals surface area contributed by atoms with Gasteiger partial charge in [-0.05, 0) is 42.5 Å². The monoisotopic (exact) mass is 275 g/mol. The van der Waals surface area contributed by atoms with Crippen LogP contribution in [0.2, 0.25) is 0 Å². The molecule has 2 aromatic rings. The van der Waals surface area contributed by atoms with Crippen molar-refractivity contribution in [1.82, 2.24) is 0 Å². The van der Waals surface area contributed by atoms with Gasteiger partial charge >= 0.3 is 6.61 Å². The summed E-state index contributed by atoms with van der Waals surface area (Å²) in [5.41, 5.74) is 7.97. The van der Waals surface area contributed by atoms with Gasteiger partial charge in [-0.3, -0.25) is 0 Å². The number of alkyl halides is 2. The fourth-order valence-corrected chi connectivity index (χ4v) is 1.61. The molecule has 0 aliphatic rings. The van der Waals surface area contributed by atoms with Crippen molar-refractivity contribution in [2.24, 2.45) is 0 Å². The first kappa shape index (κ1) is 13.6. The zero-order valence-electron chi connectivity index (χ0n) is 10.3. The highest BCUT2D eigenvalue weighted by atomic mass is 19.3. The normalized spacial score (nSPS) is 10.1. The minimum atomic E-state index is -2.85. The average Bonchev–Trinajstić information content (AvgIpc) is 2.43. The lowest BCUT2D eigenvalue weighted by atomic mass is 10.2. The molecular formula is C14H11F2N3O. The highest BCUT2D eigenvalue weighted by Crippen LogP contribution is 2.25. The minimum Gasteiger partial charge on any atom is -0.435 e. The molecule has 0 radical (unpaired) electrons. The maximum atomic E-state index is 12.0. The maximum Gasteiger partial charge on any atom is 0.387 e. The molecule has 0 bridgehead atoms. The summed E-state index contributed by atoms with van der Waals surface area (Å²) in [4.78, 5) is 0. The average molecular weight is 275 g/mol. The van der Waals surface area contributed by atoms with Crippen molar-refractivity contribution < 1.29 is 13.5 Å². The van der Waals surface area contributed by atoms with Crippen LogP contribution in [0.5, 0.6) is 5.75 Å². The van der Waals surface area contributed by atoms with Gasteiger partial charge in [0.25, 0.3) is 0 Å². The lowest BCUT2D eigenvalue weighted by Crippen LogP contribution is -2.02. The van der Waals surface area contributed by atoms with Crippen molar-refractivity contribution >= 4 is 17.1 Å². The Kier molecular flexibility index (Phi) is 4.01. The largest absolute Gasteiger partial charge is 0.435 e. The molecule has 0 atom stereocenters. The predicted molar refractivity (Wildman–Crippen MR) is 71.9 cm³/mol. The summed E-state index contributed by atoms with van der Waals surface area (Å²) in [6, 6.07) is 12.8. The summed E-state index contributed by atoms with van der Waals surface area (Å²) in [5, 5.41) is 11.8. The van der Waals surface area contributed by atoms with Gasteiger partial charge in [-0.25, -0.2) is 0 Å². The third-order valence-corrected chi connectivity index (χ3v) is 2.54. The number of anilines is 3. The molecule has 0 aliphatic carbocycles. The maximum absolute atomic E-state index is 12.0. The van der Waals surface area contributed by atoms with Crippen molar-refractivity contribution in [3.05, 3.63) is 48.0 Å². The van der Waals surface area contributed by atoms with Gasteiger partial charge in [-0.15, -0.1) is 0 Å². The SMILES string of the molecule is N#Cc1ccc(N)c(Nc2ccc(OC(F)F)cc2)c1. The molecule has 0 heterocycles. The van der Waals surface area contributed by atoms with E-state index >= 15 is 0 Å². The molecule has 102 valence electrons. The second-order valence-corrected chi connectivity index (χ2v) is 3.94. The van der Waals surface area contributed by atoms with Crippen LogP contribution >= 0.6 is 0 Å². The summed E-state index contributed by atoms with van der Waals surface area (Å²) in [5.74, 6) is 0.0734. The predicted octanol–water partition coefficient (Wildman–Crippen LogP) is 3.49. The molecular weight excluding hydrogens is 264 g/mol. The first-order valence-corrected chi connectivity index (χ1v) is 5.70. The summed E-state index contributed by atoms with van der Waals surface area (Å²) in [6.45, 7) is -2.85. The number of nitriles is 1. The number of nitrogens with two attached hydrogens (primary N) is 1. The topological polar surface area (TPSA) is 71.1 Å². The highest BCUT2D eigenvalue weighted by Gasteiger charge is 2.05. The number of hydrogen-bond donors (Lipinski definition) is 2. The van der Waals surface area contributed by atoms with E-state index in [1.54, 1.807) is 30.3 Å². The first-order chi connectivity index (χ1) is 9.58. The van der Waals surface area contributed by atoms with Crippen LogP contribution in [0.1, 0.15) is 5.56 Å². The molecule has 3 N–H and O–H groups in total. The van der Waals surface area contributed by atoms with E-state index in [1.165, 1.54) is 12.1 Å². The summed E-state index contributed by atoms with van der Waals surface area (Å²) < 4.78 is 28.3. The van der Waals surface area contributed by atoms with Crippen LogP contribution in [0.25, 0.3) is 0 Å². The Bertz CT molecular complexity index is 636. The number of halogens is 2. The zero-order valence-corrected chi connectivity index (χ0v) is 10.3. The van der Waals surface area contributed by atoms with E-state index in [4.69, 9.17) is 11.0 Å². The third-order valence-electron chi connectivity index (χ3n) is 2.54. The van der Waals surface area contributed by atoms with E-state index in [-0.39, 0.29) is 5.75 Å². The van der Waals surface area contributed by atoms with Gasteiger partial charge in [-0.2, -0.15) is 14.0 Å². The number of nitrogen functional groups attached to an aromatic ring is 1. The second-order valence-electron chi connectivity index (χ2n) is 3.94. The Balaban J connectivity index is 2.16. The summed E-state index contributed by atoms with van der Waals surface area (Å²) in [7, 11) is 0. The first-order valence-electron chi connectivity index (χ1n) is 5.70. The van der Waals surface area contributed by atoms with Gasteiger partial charge in [0, 0.05) is 5.69 Å². The molecule has 0 spiro atoms. The van der Waals surface area contributed by atoms with Crippen LogP contribution in [-0.2, 0) is 0 Å². The number of nitrogens with one attached hydrogen (secondary N) is 1. The van der Waals surface area contributed by atoms with E-state index in [0.717, 1.165) is 0 Å². The summed E-state index contributed by atoms with van der Waals surface area (Å²) in [6.07, 6.45) is 0. The molecule has 2 aromatic carbocycles. The van der Waals surface area contributed by atoms with Crippen molar-refractivity contribution in [3.63, 3.8) is 0 Å². The van der Waals surface area contributed by atoms with Gasteiger partial charge in [0.15, 0.2) is 0 Å². The Morgan fingerprint density at radius 1 is 1.15 bits per heavy atom. The molecule has 0 fully saturated rings. The Morgan fingerprint density at radius 2 is 1.85 bits per heavy atom. The van der Waals surface area contributed by atoms with Crippen LogP contribution in [0, 0.1) is 11.3 Å². The highest BCUT2D eigenvalue weighted by molar-refractivity contribution is 5.74. The Morgan fingerprint density at radius 3 is 2.45 bits per heavy atom. The molecule has 20 heavy (non-hydrogen) atoms. The van der Waals surface area contributed by atoms with Crippen molar-refractivity contribution in [2.45, 2.75) is 6.61 Å². The molecule has 6 heteroatoms. The quantitative estimate of drug-likeness (QED) is 0.838. The van der Waals surface area contributed by atoms with Gasteiger partial charge < -0.3 is 15.8 Å². The van der Waals surface area contributed by atoms with Crippen LogP contribution in [0.4, 0.5) is 25.8 Å². The number of rotatable bonds is 4. The molecule has 0 aliphatic heterocycles. The molecule has 2 rings (SSSR count). The third kappa shape index (κ3) is 3.36. The fraction of sp³-hybridized carbons (Fsp3) is 0.0714. The van der Waals surface area contributed by atoms with Crippen molar-refractivity contribution in [3.8, 4) is 11.8 Å². The molecule has 0 amide bonds. The van der Waals surface area contributed by atoms with Gasteiger partial charge in [0.1, 0.15) is 5.75 Å². The van der Waals surface area contributed by atoms with E-state index < -0.39 is 6.61 Å².